The van der Waals surface area contributed by atoms with E-state index in [1.165, 1.54) is 6.92 Å². The van der Waals surface area contributed by atoms with Crippen molar-refractivity contribution >= 4 is 28.7 Å². The van der Waals surface area contributed by atoms with Gasteiger partial charge in [-0.25, -0.2) is 9.97 Å². The van der Waals surface area contributed by atoms with Crippen LogP contribution < -0.4 is 15.0 Å². The van der Waals surface area contributed by atoms with Gasteiger partial charge < -0.3 is 35.3 Å². The summed E-state index contributed by atoms with van der Waals surface area (Å²) >= 11 is 6.61. The lowest BCUT2D eigenvalue weighted by atomic mass is 10.0. The van der Waals surface area contributed by atoms with Gasteiger partial charge in [0.15, 0.2) is 5.82 Å². The molecule has 0 bridgehead atoms. The number of ether oxygens (including phenoxy) is 2. The van der Waals surface area contributed by atoms with Crippen molar-refractivity contribution in [2.24, 2.45) is 0 Å². The summed E-state index contributed by atoms with van der Waals surface area (Å²) in [6.07, 6.45) is 1.34. The van der Waals surface area contributed by atoms with E-state index in [2.05, 4.69) is 16.3 Å². The number of anilines is 1. The molecule has 2 heterocycles. The zero-order valence-electron chi connectivity index (χ0n) is 22.9. The molecule has 1 saturated heterocycles. The fourth-order valence-corrected chi connectivity index (χ4v) is 4.76. The van der Waals surface area contributed by atoms with Crippen molar-refractivity contribution in [3.05, 3.63) is 40.2 Å². The van der Waals surface area contributed by atoms with Gasteiger partial charge in [0.25, 0.3) is 0 Å². The molecule has 0 unspecified atom stereocenters. The van der Waals surface area contributed by atoms with Crippen LogP contribution in [0.15, 0.2) is 24.0 Å². The Labute approximate surface area is 234 Å². The molecule has 1 aliphatic heterocycles. The van der Waals surface area contributed by atoms with E-state index < -0.39 is 6.10 Å². The number of piperidine rings is 1. The normalized spacial score (nSPS) is 15.5. The Kier molecular flexibility index (Phi) is 11.1. The molecule has 1 aromatic heterocycles. The van der Waals surface area contributed by atoms with Gasteiger partial charge in [0.1, 0.15) is 30.0 Å². The molecule has 3 rings (SSSR count). The Morgan fingerprint density at radius 2 is 2.03 bits per heavy atom. The minimum absolute atomic E-state index is 0.00694. The first-order valence-electron chi connectivity index (χ1n) is 13.0. The summed E-state index contributed by atoms with van der Waals surface area (Å²) in [5.41, 5.74) is 2.26. The first kappa shape index (κ1) is 30.3. The Bertz CT molecular complexity index is 1230. The predicted molar refractivity (Wildman–Crippen MR) is 153 cm³/mol. The van der Waals surface area contributed by atoms with Gasteiger partial charge in [-0.2, -0.15) is 5.26 Å². The third-order valence-electron chi connectivity index (χ3n) is 6.46. The van der Waals surface area contributed by atoms with E-state index in [-0.39, 0.29) is 24.2 Å². The smallest absolute Gasteiger partial charge is 0.163 e. The topological polar surface area (TPSA) is 148 Å². The van der Waals surface area contributed by atoms with Crippen molar-refractivity contribution in [1.82, 2.24) is 15.3 Å². The minimum atomic E-state index is -0.675. The molecule has 2 aromatic rings. The first-order valence-corrected chi connectivity index (χ1v) is 13.4. The molecule has 4 N–H and O–H groups in total. The van der Waals surface area contributed by atoms with Crippen LogP contribution in [0.25, 0.3) is 17.0 Å². The summed E-state index contributed by atoms with van der Waals surface area (Å²) < 4.78 is 11.6. The monoisotopic (exact) mass is 556 g/mol. The number of nitrogens with zero attached hydrogens (tertiary/aromatic N) is 4. The average Bonchev–Trinajstić information content (AvgIpc) is 2.90. The van der Waals surface area contributed by atoms with Crippen molar-refractivity contribution in [3.63, 3.8) is 0 Å². The number of benzene rings is 1. The molecule has 0 aliphatic carbocycles. The number of nitriles is 1. The molecule has 1 aromatic carbocycles. The van der Waals surface area contributed by atoms with Crippen LogP contribution in [0, 0.1) is 23.7 Å². The van der Waals surface area contributed by atoms with E-state index in [9.17, 15) is 10.2 Å². The fraction of sp³-hybridized carbons (Fsp3) is 0.500. The lowest BCUT2D eigenvalue weighted by Crippen LogP contribution is -2.38. The zero-order valence-corrected chi connectivity index (χ0v) is 23.7. The maximum absolute atomic E-state index is 10.5. The minimum Gasteiger partial charge on any atom is -0.512 e. The number of aromatic nitrogens is 2. The molecule has 0 radical (unpaired) electrons. The molecular weight excluding hydrogens is 520 g/mol. The number of nitrogens with one attached hydrogen (secondary N) is 2. The van der Waals surface area contributed by atoms with E-state index in [4.69, 9.17) is 41.7 Å². The Balaban J connectivity index is 2.02. The van der Waals surface area contributed by atoms with E-state index in [0.717, 1.165) is 18.4 Å². The van der Waals surface area contributed by atoms with Crippen LogP contribution in [-0.2, 0) is 4.74 Å². The van der Waals surface area contributed by atoms with Crippen LogP contribution in [0.5, 0.6) is 5.75 Å². The van der Waals surface area contributed by atoms with Gasteiger partial charge in [0, 0.05) is 36.5 Å². The summed E-state index contributed by atoms with van der Waals surface area (Å²) in [4.78, 5) is 11.8. The number of likely N-dealkylation sites (N-methyl/N-ethyl adjacent to an activating group) is 1. The molecule has 0 spiro atoms. The van der Waals surface area contributed by atoms with E-state index in [1.807, 2.05) is 6.92 Å². The SMILES string of the molecule is CNC[C@@H](O)COc1ccc(Cl)c(-c2nc(/C(C(C)=N)=C(\C)O)c(C)c(N3CCC(OCCC#N)CC3)n2)c1. The van der Waals surface area contributed by atoms with Crippen LogP contribution in [0.1, 0.15) is 44.4 Å². The van der Waals surface area contributed by atoms with Crippen LogP contribution in [-0.4, -0.2) is 78.0 Å². The largest absolute Gasteiger partial charge is 0.512 e. The summed E-state index contributed by atoms with van der Waals surface area (Å²) in [7, 11) is 1.75. The number of aliphatic hydroxyl groups excluding tert-OH is 2. The average molecular weight is 557 g/mol. The lowest BCUT2D eigenvalue weighted by Gasteiger charge is -2.34. The van der Waals surface area contributed by atoms with Crippen molar-refractivity contribution in [3.8, 4) is 23.2 Å². The first-order chi connectivity index (χ1) is 18.7. The highest BCUT2D eigenvalue weighted by Gasteiger charge is 2.26. The molecule has 0 amide bonds. The summed E-state index contributed by atoms with van der Waals surface area (Å²) in [5, 5.41) is 40.9. The van der Waals surface area contributed by atoms with Crippen molar-refractivity contribution in [2.75, 3.05) is 44.8 Å². The second-order valence-corrected chi connectivity index (χ2v) is 9.97. The number of rotatable bonds is 12. The van der Waals surface area contributed by atoms with Gasteiger partial charge in [-0.05, 0) is 58.9 Å². The summed E-state index contributed by atoms with van der Waals surface area (Å²) in [6.45, 7) is 7.33. The molecule has 1 fully saturated rings. The van der Waals surface area contributed by atoms with Gasteiger partial charge >= 0.3 is 0 Å². The van der Waals surface area contributed by atoms with Gasteiger partial charge in [0.2, 0.25) is 0 Å². The van der Waals surface area contributed by atoms with Gasteiger partial charge in [-0.1, -0.05) is 11.6 Å². The predicted octanol–water partition coefficient (Wildman–Crippen LogP) is 4.29. The van der Waals surface area contributed by atoms with E-state index >= 15 is 0 Å². The molecule has 39 heavy (non-hydrogen) atoms. The number of aliphatic hydroxyl groups is 2. The van der Waals surface area contributed by atoms with Gasteiger partial charge in [-0.15, -0.1) is 0 Å². The summed E-state index contributed by atoms with van der Waals surface area (Å²) in [5.74, 6) is 1.53. The van der Waals surface area contributed by atoms with Crippen LogP contribution in [0.3, 0.4) is 0 Å². The number of halogens is 1. The molecule has 210 valence electrons. The maximum atomic E-state index is 10.5. The fourth-order valence-electron chi connectivity index (χ4n) is 4.55. The highest BCUT2D eigenvalue weighted by atomic mass is 35.5. The Morgan fingerprint density at radius 3 is 2.64 bits per heavy atom. The zero-order chi connectivity index (χ0) is 28.5. The molecular formula is C28H37ClN6O4. The lowest BCUT2D eigenvalue weighted by molar-refractivity contribution is 0.0405. The Morgan fingerprint density at radius 1 is 1.31 bits per heavy atom. The van der Waals surface area contributed by atoms with Crippen LogP contribution >= 0.6 is 11.6 Å². The third-order valence-corrected chi connectivity index (χ3v) is 6.79. The van der Waals surface area contributed by atoms with Crippen LogP contribution in [0.4, 0.5) is 5.82 Å². The van der Waals surface area contributed by atoms with Crippen LogP contribution in [0.2, 0.25) is 5.02 Å². The number of hydrogen-bond donors (Lipinski definition) is 4. The highest BCUT2D eigenvalue weighted by molar-refractivity contribution is 6.33. The summed E-state index contributed by atoms with van der Waals surface area (Å²) in [6, 6.07) is 7.25. The van der Waals surface area contributed by atoms with Gasteiger partial charge in [-0.3, -0.25) is 0 Å². The van der Waals surface area contributed by atoms with E-state index in [1.54, 1.807) is 32.2 Å². The van der Waals surface area contributed by atoms with Crippen molar-refractivity contribution in [2.45, 2.75) is 52.2 Å². The standard InChI is InChI=1S/C28H37ClN6O4/c1-17-26(25(18(2)31)19(3)36)33-27(23-14-22(6-7-24(23)29)39-16-20(37)15-32-4)34-28(17)35-11-8-21(9-12-35)38-13-5-10-30/h6-7,14,20-21,31-32,36-37H,5,8-9,11-13,15-16H2,1-4H3/b25-19+,31-18?/t20-/m1/s1. The second-order valence-electron chi connectivity index (χ2n) is 9.56. The second kappa shape index (κ2) is 14.2. The molecule has 0 saturated carbocycles. The van der Waals surface area contributed by atoms with Crippen molar-refractivity contribution in [1.29, 1.82) is 10.7 Å². The van der Waals surface area contributed by atoms with E-state index in [0.29, 0.717) is 71.9 Å². The van der Waals surface area contributed by atoms with Crippen molar-refractivity contribution < 1.29 is 19.7 Å². The van der Waals surface area contributed by atoms with Gasteiger partial charge in [0.05, 0.1) is 41.5 Å². The molecule has 11 heteroatoms. The Hall–Kier alpha value is -3.23. The number of allylic oxidation sites excluding steroid dienone is 2. The quantitative estimate of drug-likeness (QED) is 0.171. The maximum Gasteiger partial charge on any atom is 0.163 e. The molecule has 1 aliphatic rings. The third kappa shape index (κ3) is 7.90. The molecule has 10 nitrogen and oxygen atoms in total. The highest BCUT2D eigenvalue weighted by Crippen LogP contribution is 2.35. The molecule has 1 atom stereocenters. The number of hydrogen-bond acceptors (Lipinski definition) is 10.